The Morgan fingerprint density at radius 1 is 1.20 bits per heavy atom. The molecule has 1 N–H and O–H groups in total. The predicted molar refractivity (Wildman–Crippen MR) is 87.1 cm³/mol. The van der Waals surface area contributed by atoms with Crippen molar-refractivity contribution in [3.8, 4) is 0 Å². The van der Waals surface area contributed by atoms with Crippen molar-refractivity contribution >= 4 is 11.3 Å². The Morgan fingerprint density at radius 3 is 2.50 bits per heavy atom. The number of thiazole rings is 1. The maximum Gasteiger partial charge on any atom is 0.109 e. The second-order valence-corrected chi connectivity index (χ2v) is 6.14. The van der Waals surface area contributed by atoms with Gasteiger partial charge in [-0.15, -0.1) is 11.3 Å². The first-order chi connectivity index (χ1) is 9.74. The van der Waals surface area contributed by atoms with Crippen LogP contribution in [0.4, 0.5) is 0 Å². The Kier molecular flexibility index (Phi) is 5.74. The van der Waals surface area contributed by atoms with Crippen LogP contribution in [0.15, 0.2) is 35.8 Å². The van der Waals surface area contributed by atoms with Gasteiger partial charge in [-0.1, -0.05) is 44.5 Å². The number of nitrogens with zero attached hydrogens (tertiary/aromatic N) is 1. The average Bonchev–Trinajstić information content (AvgIpc) is 2.99. The van der Waals surface area contributed by atoms with Gasteiger partial charge in [0.1, 0.15) is 5.01 Å². The van der Waals surface area contributed by atoms with Gasteiger partial charge in [-0.2, -0.15) is 0 Å². The van der Waals surface area contributed by atoms with Crippen LogP contribution in [-0.4, -0.2) is 4.98 Å². The van der Waals surface area contributed by atoms with Gasteiger partial charge in [0, 0.05) is 17.6 Å². The molecule has 108 valence electrons. The van der Waals surface area contributed by atoms with Crippen LogP contribution in [0.3, 0.4) is 0 Å². The first-order valence-electron chi connectivity index (χ1n) is 7.48. The van der Waals surface area contributed by atoms with Crippen molar-refractivity contribution in [1.82, 2.24) is 10.3 Å². The van der Waals surface area contributed by atoms with E-state index in [0.717, 1.165) is 6.42 Å². The van der Waals surface area contributed by atoms with Crippen molar-refractivity contribution in [3.05, 3.63) is 52.0 Å². The summed E-state index contributed by atoms with van der Waals surface area (Å²) in [4.78, 5) is 4.43. The molecule has 1 heterocycles. The van der Waals surface area contributed by atoms with E-state index in [0.29, 0.717) is 12.1 Å². The van der Waals surface area contributed by atoms with Gasteiger partial charge in [-0.3, -0.25) is 0 Å². The van der Waals surface area contributed by atoms with Gasteiger partial charge in [0.2, 0.25) is 0 Å². The molecule has 0 aliphatic rings. The third-order valence-corrected chi connectivity index (χ3v) is 4.52. The Labute approximate surface area is 126 Å². The lowest BCUT2D eigenvalue weighted by molar-refractivity contribution is 0.455. The van der Waals surface area contributed by atoms with Gasteiger partial charge in [0.25, 0.3) is 0 Å². The Bertz CT molecular complexity index is 490. The lowest BCUT2D eigenvalue weighted by Crippen LogP contribution is -2.24. The van der Waals surface area contributed by atoms with E-state index in [1.165, 1.54) is 29.0 Å². The third kappa shape index (κ3) is 3.90. The van der Waals surface area contributed by atoms with Crippen LogP contribution in [0.25, 0.3) is 0 Å². The van der Waals surface area contributed by atoms with E-state index in [2.05, 4.69) is 55.3 Å². The minimum absolute atomic E-state index is 0.347. The van der Waals surface area contributed by atoms with Crippen molar-refractivity contribution in [2.75, 3.05) is 0 Å². The average molecular weight is 288 g/mol. The highest BCUT2D eigenvalue weighted by molar-refractivity contribution is 7.09. The second kappa shape index (κ2) is 7.55. The Morgan fingerprint density at radius 2 is 1.95 bits per heavy atom. The minimum Gasteiger partial charge on any atom is -0.301 e. The Hall–Kier alpha value is -1.19. The number of aryl methyl sites for hydroxylation is 1. The molecule has 0 aliphatic heterocycles. The van der Waals surface area contributed by atoms with Gasteiger partial charge in [-0.05, 0) is 30.9 Å². The molecule has 0 amide bonds. The van der Waals surface area contributed by atoms with Gasteiger partial charge in [0.05, 0.1) is 6.04 Å². The fraction of sp³-hybridized carbons (Fsp3) is 0.471. The van der Waals surface area contributed by atoms with E-state index in [1.54, 1.807) is 11.3 Å². The summed E-state index contributed by atoms with van der Waals surface area (Å²) >= 11 is 1.73. The molecule has 2 rings (SSSR count). The van der Waals surface area contributed by atoms with Crippen LogP contribution < -0.4 is 5.32 Å². The monoisotopic (exact) mass is 288 g/mol. The molecule has 0 saturated carbocycles. The summed E-state index contributed by atoms with van der Waals surface area (Å²) in [5, 5.41) is 6.91. The van der Waals surface area contributed by atoms with Crippen LogP contribution in [-0.2, 0) is 6.42 Å². The zero-order chi connectivity index (χ0) is 14.4. The topological polar surface area (TPSA) is 24.9 Å². The molecule has 3 heteroatoms. The molecule has 0 saturated heterocycles. The molecular formula is C17H24N2S. The molecule has 2 atom stereocenters. The van der Waals surface area contributed by atoms with Crippen LogP contribution in [0, 0.1) is 0 Å². The normalized spacial score (nSPS) is 14.2. The van der Waals surface area contributed by atoms with E-state index in [-0.39, 0.29) is 0 Å². The number of rotatable bonds is 7. The third-order valence-electron chi connectivity index (χ3n) is 3.63. The standard InChI is InChI=1S/C17H24N2S/c1-4-6-14-7-9-15(10-8-14)13(3)19-16(5-2)17-18-11-12-20-17/h7-13,16,19H,4-6H2,1-3H3. The number of benzene rings is 1. The smallest absolute Gasteiger partial charge is 0.109 e. The van der Waals surface area contributed by atoms with Crippen molar-refractivity contribution in [2.24, 2.45) is 0 Å². The molecule has 20 heavy (non-hydrogen) atoms. The molecule has 0 radical (unpaired) electrons. The van der Waals surface area contributed by atoms with Crippen LogP contribution in [0.2, 0.25) is 0 Å². The highest BCUT2D eigenvalue weighted by Crippen LogP contribution is 2.23. The first kappa shape index (κ1) is 15.2. The predicted octanol–water partition coefficient (Wildman–Crippen LogP) is 4.90. The van der Waals surface area contributed by atoms with E-state index in [1.807, 2.05) is 11.6 Å². The van der Waals surface area contributed by atoms with E-state index < -0.39 is 0 Å². The Balaban J connectivity index is 2.01. The molecule has 0 bridgehead atoms. The van der Waals surface area contributed by atoms with Crippen LogP contribution in [0.1, 0.15) is 61.8 Å². The summed E-state index contributed by atoms with van der Waals surface area (Å²) < 4.78 is 0. The van der Waals surface area contributed by atoms with Crippen LogP contribution >= 0.6 is 11.3 Å². The molecule has 1 aromatic carbocycles. The van der Waals surface area contributed by atoms with Gasteiger partial charge in [-0.25, -0.2) is 4.98 Å². The summed E-state index contributed by atoms with van der Waals surface area (Å²) in [5.74, 6) is 0. The lowest BCUT2D eigenvalue weighted by Gasteiger charge is -2.21. The first-order valence-corrected chi connectivity index (χ1v) is 8.36. The zero-order valence-corrected chi connectivity index (χ0v) is 13.4. The molecule has 1 aromatic heterocycles. The molecule has 0 spiro atoms. The quantitative estimate of drug-likeness (QED) is 0.784. The maximum atomic E-state index is 4.43. The fourth-order valence-electron chi connectivity index (χ4n) is 2.43. The molecule has 2 aromatic rings. The summed E-state index contributed by atoms with van der Waals surface area (Å²) in [6, 6.07) is 9.69. The largest absolute Gasteiger partial charge is 0.301 e. The number of nitrogens with one attached hydrogen (secondary N) is 1. The molecular weight excluding hydrogens is 264 g/mol. The summed E-state index contributed by atoms with van der Waals surface area (Å²) in [7, 11) is 0. The number of hydrogen-bond acceptors (Lipinski definition) is 3. The van der Waals surface area contributed by atoms with Crippen LogP contribution in [0.5, 0.6) is 0 Å². The molecule has 0 aliphatic carbocycles. The summed E-state index contributed by atoms with van der Waals surface area (Å²) in [6.07, 6.45) is 5.31. The fourth-order valence-corrected chi connectivity index (χ4v) is 3.21. The summed E-state index contributed by atoms with van der Waals surface area (Å²) in [5.41, 5.74) is 2.77. The second-order valence-electron chi connectivity index (χ2n) is 5.21. The van der Waals surface area contributed by atoms with Gasteiger partial charge < -0.3 is 5.32 Å². The molecule has 2 nitrogen and oxygen atoms in total. The SMILES string of the molecule is CCCc1ccc(C(C)NC(CC)c2nccs2)cc1. The van der Waals surface area contributed by atoms with Gasteiger partial charge in [0.15, 0.2) is 0 Å². The van der Waals surface area contributed by atoms with E-state index in [9.17, 15) is 0 Å². The van der Waals surface area contributed by atoms with Gasteiger partial charge >= 0.3 is 0 Å². The highest BCUT2D eigenvalue weighted by atomic mass is 32.1. The number of hydrogen-bond donors (Lipinski definition) is 1. The minimum atomic E-state index is 0.347. The van der Waals surface area contributed by atoms with Crippen molar-refractivity contribution in [3.63, 3.8) is 0 Å². The van der Waals surface area contributed by atoms with E-state index >= 15 is 0 Å². The van der Waals surface area contributed by atoms with Crippen molar-refractivity contribution in [1.29, 1.82) is 0 Å². The van der Waals surface area contributed by atoms with Crippen molar-refractivity contribution < 1.29 is 0 Å². The summed E-state index contributed by atoms with van der Waals surface area (Å²) in [6.45, 7) is 6.65. The maximum absolute atomic E-state index is 4.43. The van der Waals surface area contributed by atoms with E-state index in [4.69, 9.17) is 0 Å². The molecule has 0 fully saturated rings. The highest BCUT2D eigenvalue weighted by Gasteiger charge is 2.15. The lowest BCUT2D eigenvalue weighted by atomic mass is 10.0. The van der Waals surface area contributed by atoms with Crippen molar-refractivity contribution in [2.45, 2.75) is 52.1 Å². The molecule has 2 unspecified atom stereocenters. The zero-order valence-electron chi connectivity index (χ0n) is 12.6. The number of aromatic nitrogens is 1.